The molecule has 1 unspecified atom stereocenters. The van der Waals surface area contributed by atoms with E-state index in [4.69, 9.17) is 0 Å². The van der Waals surface area contributed by atoms with Crippen LogP contribution in [0, 0.1) is 5.92 Å². The molecule has 0 radical (unpaired) electrons. The second kappa shape index (κ2) is 7.59. The molecule has 0 heterocycles. The SMILES string of the molecule is CC1=C(C)C(C)[C]([Hf]([CH3])([CH3])(=[GeH2])[NH]c2ccccc2)=C1C.Cl.Cl. The molecular formula is C17H29Cl2GeHfN. The number of rotatable bonds is 3. The van der Waals surface area contributed by atoms with E-state index in [0.29, 0.717) is 5.92 Å². The molecule has 0 aliphatic heterocycles. The Morgan fingerprint density at radius 2 is 1.45 bits per heavy atom. The van der Waals surface area contributed by atoms with E-state index in [9.17, 15) is 0 Å². The molecule has 1 aromatic rings. The van der Waals surface area contributed by atoms with Crippen molar-refractivity contribution < 1.29 is 15.7 Å². The first-order valence-electron chi connectivity index (χ1n) is 7.42. The largest absolute Gasteiger partial charge is 0.147 e. The summed E-state index contributed by atoms with van der Waals surface area (Å²) in [6.07, 6.45) is 0. The maximum absolute atomic E-state index is 4.03. The summed E-state index contributed by atoms with van der Waals surface area (Å²) in [5.74, 6) is 0.630. The van der Waals surface area contributed by atoms with Crippen LogP contribution in [-0.4, -0.2) is 12.2 Å². The van der Waals surface area contributed by atoms with Gasteiger partial charge in [-0.2, -0.15) is 0 Å². The van der Waals surface area contributed by atoms with Crippen molar-refractivity contribution in [2.24, 2.45) is 5.92 Å². The molecule has 124 valence electrons. The molecule has 5 heteroatoms. The van der Waals surface area contributed by atoms with Crippen molar-refractivity contribution in [2.45, 2.75) is 37.1 Å². The smallest absolute Gasteiger partial charge is 0.147 e. The molecule has 0 amide bonds. The fraction of sp³-hybridized carbons (Fsp3) is 0.412. The standard InChI is InChI=1S/C9H13.C6H6N.2CH3.2ClH.GeH2.Hf/c1-6-5-7(2)9(4)8(6)3;7-6-4-2-1-3-5-6;;;;;;/h6H,1-4H3;1-5,7H;2*1H3;2*1H;1H2;/q;-1;;;;;;+1. The van der Waals surface area contributed by atoms with Gasteiger partial charge in [-0.05, 0) is 0 Å². The van der Waals surface area contributed by atoms with Crippen molar-refractivity contribution in [3.8, 4) is 0 Å². The van der Waals surface area contributed by atoms with E-state index in [0.717, 1.165) is 0 Å². The molecule has 1 aliphatic carbocycles. The summed E-state index contributed by atoms with van der Waals surface area (Å²) in [6, 6.07) is 10.8. The van der Waals surface area contributed by atoms with Crippen LogP contribution in [0.2, 0.25) is 9.36 Å². The number of benzene rings is 1. The van der Waals surface area contributed by atoms with E-state index in [1.165, 1.54) is 23.5 Å². The third kappa shape index (κ3) is 4.31. The fourth-order valence-electron chi connectivity index (χ4n) is 3.71. The van der Waals surface area contributed by atoms with Gasteiger partial charge in [0.1, 0.15) is 0 Å². The molecule has 0 bridgehead atoms. The summed E-state index contributed by atoms with van der Waals surface area (Å²) in [5, 5.41) is 0. The fourth-order valence-corrected chi connectivity index (χ4v) is 32.2. The van der Waals surface area contributed by atoms with Crippen LogP contribution < -0.4 is 3.30 Å². The second-order valence-electron chi connectivity index (χ2n) is 7.25. The molecule has 1 aliphatic rings. The number of nitrogens with one attached hydrogen (secondary N) is 1. The molecule has 2 rings (SSSR count). The van der Waals surface area contributed by atoms with Crippen molar-refractivity contribution in [3.05, 3.63) is 50.4 Å². The minimum absolute atomic E-state index is 0. The summed E-state index contributed by atoms with van der Waals surface area (Å²) in [7, 11) is 0. The van der Waals surface area contributed by atoms with Gasteiger partial charge in [0.25, 0.3) is 0 Å². The Bertz CT molecular complexity index is 671. The Balaban J connectivity index is 0.00000220. The number of anilines is 1. The van der Waals surface area contributed by atoms with Gasteiger partial charge in [0.05, 0.1) is 0 Å². The topological polar surface area (TPSA) is 12.0 Å². The Hall–Kier alpha value is 0.493. The van der Waals surface area contributed by atoms with Crippen molar-refractivity contribution in [2.75, 3.05) is 3.30 Å². The quantitative estimate of drug-likeness (QED) is 0.478. The van der Waals surface area contributed by atoms with Crippen LogP contribution in [-0.2, 0) is 15.7 Å². The molecule has 1 atom stereocenters. The third-order valence-electron chi connectivity index (χ3n) is 4.82. The molecule has 0 aromatic heterocycles. The average molecular weight is 569 g/mol. The molecule has 1 aromatic carbocycles. The van der Waals surface area contributed by atoms with Gasteiger partial charge in [-0.3, -0.25) is 0 Å². The van der Waals surface area contributed by atoms with Gasteiger partial charge >= 0.3 is 130 Å². The van der Waals surface area contributed by atoms with E-state index >= 15 is 0 Å². The first-order chi connectivity index (χ1) is 9.12. The summed E-state index contributed by atoms with van der Waals surface area (Å²) in [5.41, 5.74) is 5.98. The van der Waals surface area contributed by atoms with Gasteiger partial charge in [-0.1, -0.05) is 0 Å². The van der Waals surface area contributed by atoms with E-state index < -0.39 is 15.7 Å². The third-order valence-corrected chi connectivity index (χ3v) is 27.4. The van der Waals surface area contributed by atoms with Crippen LogP contribution in [0.15, 0.2) is 50.4 Å². The van der Waals surface area contributed by atoms with Crippen LogP contribution >= 0.6 is 24.8 Å². The van der Waals surface area contributed by atoms with Crippen molar-refractivity contribution in [3.63, 3.8) is 0 Å². The van der Waals surface area contributed by atoms with Gasteiger partial charge < -0.3 is 0 Å². The Morgan fingerprint density at radius 1 is 0.955 bits per heavy atom. The zero-order chi connectivity index (χ0) is 15.2. The molecule has 22 heavy (non-hydrogen) atoms. The van der Waals surface area contributed by atoms with E-state index in [2.05, 4.69) is 70.7 Å². The van der Waals surface area contributed by atoms with E-state index in [1.807, 2.05) is 0 Å². The van der Waals surface area contributed by atoms with Gasteiger partial charge in [0, 0.05) is 0 Å². The number of para-hydroxylation sites is 1. The van der Waals surface area contributed by atoms with Crippen molar-refractivity contribution in [1.29, 1.82) is 0 Å². The van der Waals surface area contributed by atoms with E-state index in [-0.39, 0.29) is 24.8 Å². The van der Waals surface area contributed by atoms with Gasteiger partial charge in [-0.15, -0.1) is 24.8 Å². The van der Waals surface area contributed by atoms with Gasteiger partial charge in [-0.25, -0.2) is 0 Å². The van der Waals surface area contributed by atoms with Crippen LogP contribution in [0.5, 0.6) is 0 Å². The molecule has 0 saturated carbocycles. The molecule has 1 N–H and O–H groups in total. The summed E-state index contributed by atoms with van der Waals surface area (Å²) >= 11 is -1.72. The summed E-state index contributed by atoms with van der Waals surface area (Å²) in [6.45, 7) is 9.34. The van der Waals surface area contributed by atoms with Gasteiger partial charge in [0.2, 0.25) is 0 Å². The molecule has 0 fully saturated rings. The Labute approximate surface area is 154 Å². The summed E-state index contributed by atoms with van der Waals surface area (Å²) in [4.78, 5) is 0. The normalized spacial score (nSPS) is 18.8. The van der Waals surface area contributed by atoms with Crippen LogP contribution in [0.3, 0.4) is 0 Å². The second-order valence-corrected chi connectivity index (χ2v) is 65.8. The monoisotopic (exact) mass is 571 g/mol. The maximum Gasteiger partial charge on any atom is -0.147 e. The summed E-state index contributed by atoms with van der Waals surface area (Å²) < 4.78 is 11.0. The average Bonchev–Trinajstić information content (AvgIpc) is 2.54. The zero-order valence-corrected chi connectivity index (χ0v) is 22.7. The predicted molar refractivity (Wildman–Crippen MR) is 105 cm³/mol. The van der Waals surface area contributed by atoms with Crippen LogP contribution in [0.25, 0.3) is 0 Å². The minimum Gasteiger partial charge on any atom is -0.147 e. The number of allylic oxidation sites excluding steroid dienone is 4. The first kappa shape index (κ1) is 22.5. The minimum atomic E-state index is -3.11. The van der Waals surface area contributed by atoms with E-state index in [1.54, 1.807) is 14.5 Å². The first-order valence-corrected chi connectivity index (χ1v) is 32.9. The maximum atomic E-state index is 4.03. The molecular weight excluding hydrogens is 540 g/mol. The molecule has 1 nitrogen and oxygen atoms in total. The van der Waals surface area contributed by atoms with Crippen LogP contribution in [0.1, 0.15) is 27.7 Å². The number of halogens is 2. The number of hydrogen-bond donors (Lipinski definition) is 1. The van der Waals surface area contributed by atoms with Crippen molar-refractivity contribution in [1.82, 2.24) is 0 Å². The zero-order valence-electron chi connectivity index (χ0n) is 14.5. The van der Waals surface area contributed by atoms with Gasteiger partial charge in [0.15, 0.2) is 0 Å². The Kier molecular flexibility index (Phi) is 7.76. The Morgan fingerprint density at radius 3 is 1.86 bits per heavy atom. The van der Waals surface area contributed by atoms with Crippen LogP contribution in [0.4, 0.5) is 5.69 Å². The van der Waals surface area contributed by atoms with Crippen molar-refractivity contribution >= 4 is 42.7 Å². The molecule has 0 saturated heterocycles. The number of hydrogen-bond acceptors (Lipinski definition) is 1. The molecule has 0 spiro atoms. The predicted octanol–water partition coefficient (Wildman–Crippen LogP) is 5.45.